The maximum absolute atomic E-state index is 11.4. The Labute approximate surface area is 168 Å². The van der Waals surface area contributed by atoms with Gasteiger partial charge in [0.05, 0.1) is 22.1 Å². The molecule has 146 valence electrons. The fraction of sp³-hybridized carbons (Fsp3) is 0.304. The summed E-state index contributed by atoms with van der Waals surface area (Å²) in [6.45, 7) is 2.04. The van der Waals surface area contributed by atoms with Crippen LogP contribution >= 0.6 is 0 Å². The number of benzene rings is 2. The molecule has 0 aliphatic heterocycles. The van der Waals surface area contributed by atoms with Gasteiger partial charge < -0.3 is 9.67 Å². The van der Waals surface area contributed by atoms with Gasteiger partial charge in [0.25, 0.3) is 0 Å². The van der Waals surface area contributed by atoms with Gasteiger partial charge in [0.2, 0.25) is 0 Å². The van der Waals surface area contributed by atoms with Gasteiger partial charge in [-0.2, -0.15) is 0 Å². The third-order valence-corrected chi connectivity index (χ3v) is 5.85. The summed E-state index contributed by atoms with van der Waals surface area (Å²) >= 11 is 0. The summed E-state index contributed by atoms with van der Waals surface area (Å²) < 4.78 is 2.25. The van der Waals surface area contributed by atoms with Gasteiger partial charge in [-0.1, -0.05) is 31.4 Å². The second-order valence-electron chi connectivity index (χ2n) is 7.90. The van der Waals surface area contributed by atoms with E-state index in [9.17, 15) is 9.90 Å². The van der Waals surface area contributed by atoms with Gasteiger partial charge in [-0.05, 0) is 55.7 Å². The Morgan fingerprint density at radius 3 is 2.62 bits per heavy atom. The molecule has 0 spiro atoms. The van der Waals surface area contributed by atoms with Crippen LogP contribution in [0.25, 0.3) is 33.5 Å². The third kappa shape index (κ3) is 3.14. The zero-order chi connectivity index (χ0) is 20.0. The van der Waals surface area contributed by atoms with Gasteiger partial charge in [-0.3, -0.25) is 0 Å². The molecular weight excluding hydrogens is 364 g/mol. The van der Waals surface area contributed by atoms with E-state index in [0.717, 1.165) is 46.3 Å². The first kappa shape index (κ1) is 17.8. The van der Waals surface area contributed by atoms with E-state index in [1.165, 1.54) is 19.3 Å². The Morgan fingerprint density at radius 1 is 1.00 bits per heavy atom. The highest BCUT2D eigenvalue weighted by molar-refractivity contribution is 5.93. The van der Waals surface area contributed by atoms with Crippen LogP contribution in [-0.2, 0) is 0 Å². The van der Waals surface area contributed by atoms with E-state index in [-0.39, 0.29) is 5.56 Å². The SMILES string of the molecule is Cc1ccc2cc(-c3nc4cc(C(=O)O)ccc4n3C3CCCCC3)nnc2c1. The highest BCUT2D eigenvalue weighted by Gasteiger charge is 2.24. The normalized spacial score (nSPS) is 15.2. The quantitative estimate of drug-likeness (QED) is 0.526. The Morgan fingerprint density at radius 2 is 1.83 bits per heavy atom. The number of carbonyl (C=O) groups is 1. The van der Waals surface area contributed by atoms with Crippen molar-refractivity contribution < 1.29 is 9.90 Å². The first-order valence-corrected chi connectivity index (χ1v) is 10.1. The van der Waals surface area contributed by atoms with E-state index in [0.29, 0.717) is 11.6 Å². The lowest BCUT2D eigenvalue weighted by Crippen LogP contribution is -2.14. The molecule has 2 heterocycles. The topological polar surface area (TPSA) is 80.9 Å². The van der Waals surface area contributed by atoms with Crippen molar-refractivity contribution in [2.45, 2.75) is 45.1 Å². The van der Waals surface area contributed by atoms with Gasteiger partial charge >= 0.3 is 5.97 Å². The van der Waals surface area contributed by atoms with E-state index in [1.807, 2.05) is 25.1 Å². The molecule has 0 amide bonds. The number of aryl methyl sites for hydroxylation is 1. The van der Waals surface area contributed by atoms with Crippen molar-refractivity contribution in [2.24, 2.45) is 0 Å². The van der Waals surface area contributed by atoms with Gasteiger partial charge in [0.1, 0.15) is 5.69 Å². The van der Waals surface area contributed by atoms with Crippen molar-refractivity contribution >= 4 is 27.9 Å². The van der Waals surface area contributed by atoms with Crippen molar-refractivity contribution in [3.05, 3.63) is 53.6 Å². The van der Waals surface area contributed by atoms with E-state index in [1.54, 1.807) is 12.1 Å². The van der Waals surface area contributed by atoms with Crippen molar-refractivity contribution in [1.82, 2.24) is 19.7 Å². The summed E-state index contributed by atoms with van der Waals surface area (Å²) in [5.74, 6) is -0.175. The predicted molar refractivity (Wildman–Crippen MR) is 112 cm³/mol. The standard InChI is InChI=1S/C23H22N4O2/c1-14-7-8-15-12-20(26-25-18(15)11-14)22-24-19-13-16(23(28)29)9-10-21(19)27(22)17-5-3-2-4-6-17/h7-13,17H,2-6H2,1H3,(H,28,29). The predicted octanol–water partition coefficient (Wildman–Crippen LogP) is 5.16. The first-order valence-electron chi connectivity index (χ1n) is 10.1. The number of aromatic carboxylic acids is 1. The number of aromatic nitrogens is 4. The third-order valence-electron chi connectivity index (χ3n) is 5.85. The summed E-state index contributed by atoms with van der Waals surface area (Å²) in [4.78, 5) is 16.2. The van der Waals surface area contributed by atoms with Crippen LogP contribution in [0.5, 0.6) is 0 Å². The molecule has 6 nitrogen and oxygen atoms in total. The van der Waals surface area contributed by atoms with Crippen molar-refractivity contribution in [3.63, 3.8) is 0 Å². The van der Waals surface area contributed by atoms with E-state index >= 15 is 0 Å². The fourth-order valence-corrected chi connectivity index (χ4v) is 4.38. The molecule has 6 heteroatoms. The van der Waals surface area contributed by atoms with Crippen LogP contribution in [0, 0.1) is 6.92 Å². The molecule has 29 heavy (non-hydrogen) atoms. The van der Waals surface area contributed by atoms with Crippen LogP contribution in [0.3, 0.4) is 0 Å². The highest BCUT2D eigenvalue weighted by atomic mass is 16.4. The van der Waals surface area contributed by atoms with Gasteiger partial charge in [-0.25, -0.2) is 9.78 Å². The summed E-state index contributed by atoms with van der Waals surface area (Å²) in [6.07, 6.45) is 5.84. The number of hydrogen-bond donors (Lipinski definition) is 1. The Kier molecular flexibility index (Phi) is 4.27. The lowest BCUT2D eigenvalue weighted by molar-refractivity contribution is 0.0697. The molecule has 0 radical (unpaired) electrons. The number of carboxylic acids is 1. The van der Waals surface area contributed by atoms with Crippen molar-refractivity contribution in [1.29, 1.82) is 0 Å². The molecule has 2 aromatic heterocycles. The molecule has 1 fully saturated rings. The minimum absolute atomic E-state index is 0.248. The van der Waals surface area contributed by atoms with Gasteiger partial charge in [-0.15, -0.1) is 10.2 Å². The summed E-state index contributed by atoms with van der Waals surface area (Å²) in [5.41, 5.74) is 4.63. The van der Waals surface area contributed by atoms with Crippen LogP contribution in [0.1, 0.15) is 54.1 Å². The maximum atomic E-state index is 11.4. The fourth-order valence-electron chi connectivity index (χ4n) is 4.38. The number of imidazole rings is 1. The van der Waals surface area contributed by atoms with E-state index < -0.39 is 5.97 Å². The first-order chi connectivity index (χ1) is 14.1. The number of carboxylic acid groups (broad SMARTS) is 1. The molecule has 1 aliphatic rings. The average Bonchev–Trinajstić information content (AvgIpc) is 3.12. The van der Waals surface area contributed by atoms with E-state index in [2.05, 4.69) is 26.9 Å². The molecule has 1 saturated carbocycles. The van der Waals surface area contributed by atoms with Crippen LogP contribution in [-0.4, -0.2) is 30.8 Å². The number of fused-ring (bicyclic) bond motifs is 2. The highest BCUT2D eigenvalue weighted by Crippen LogP contribution is 2.36. The number of rotatable bonds is 3. The van der Waals surface area contributed by atoms with Gasteiger partial charge in [0.15, 0.2) is 5.82 Å². The smallest absolute Gasteiger partial charge is 0.335 e. The monoisotopic (exact) mass is 386 g/mol. The molecule has 0 unspecified atom stereocenters. The minimum atomic E-state index is -0.943. The molecule has 4 aromatic rings. The van der Waals surface area contributed by atoms with Gasteiger partial charge in [0, 0.05) is 11.4 Å². The summed E-state index contributed by atoms with van der Waals surface area (Å²) in [5, 5.41) is 19.3. The van der Waals surface area contributed by atoms with Crippen molar-refractivity contribution in [2.75, 3.05) is 0 Å². The lowest BCUT2D eigenvalue weighted by Gasteiger charge is -2.25. The zero-order valence-electron chi connectivity index (χ0n) is 16.3. The van der Waals surface area contributed by atoms with E-state index in [4.69, 9.17) is 4.98 Å². The number of hydrogen-bond acceptors (Lipinski definition) is 4. The Bertz CT molecular complexity index is 1240. The molecule has 2 aromatic carbocycles. The molecule has 0 saturated heterocycles. The maximum Gasteiger partial charge on any atom is 0.335 e. The molecule has 0 bridgehead atoms. The summed E-state index contributed by atoms with van der Waals surface area (Å²) in [6, 6.07) is 13.7. The second-order valence-corrected chi connectivity index (χ2v) is 7.90. The molecule has 1 aliphatic carbocycles. The Hall–Kier alpha value is -3.28. The van der Waals surface area contributed by atoms with Crippen molar-refractivity contribution in [3.8, 4) is 11.5 Å². The van der Waals surface area contributed by atoms with Crippen LogP contribution in [0.2, 0.25) is 0 Å². The van der Waals surface area contributed by atoms with Crippen LogP contribution in [0.4, 0.5) is 0 Å². The lowest BCUT2D eigenvalue weighted by atomic mass is 9.95. The van der Waals surface area contributed by atoms with Crippen LogP contribution in [0.15, 0.2) is 42.5 Å². The number of nitrogens with zero attached hydrogens (tertiary/aromatic N) is 4. The average molecular weight is 386 g/mol. The summed E-state index contributed by atoms with van der Waals surface area (Å²) in [7, 11) is 0. The molecular formula is C23H22N4O2. The molecule has 1 N–H and O–H groups in total. The van der Waals surface area contributed by atoms with Crippen LogP contribution < -0.4 is 0 Å². The molecule has 5 rings (SSSR count). The second kappa shape index (κ2) is 6.95. The minimum Gasteiger partial charge on any atom is -0.478 e. The Balaban J connectivity index is 1.72. The largest absolute Gasteiger partial charge is 0.478 e. The zero-order valence-corrected chi connectivity index (χ0v) is 16.3. The molecule has 0 atom stereocenters.